The fraction of sp³-hybridized carbons (Fsp3) is 0.583. The lowest BCUT2D eigenvalue weighted by molar-refractivity contribution is -0.121. The van der Waals surface area contributed by atoms with E-state index in [9.17, 15) is 9.90 Å². The Kier molecular flexibility index (Phi) is 4.42. The molecule has 17 heavy (non-hydrogen) atoms. The van der Waals surface area contributed by atoms with Gasteiger partial charge < -0.3 is 10.4 Å². The topological polar surface area (TPSA) is 49.3 Å². The summed E-state index contributed by atoms with van der Waals surface area (Å²) >= 11 is 7.19. The van der Waals surface area contributed by atoms with Gasteiger partial charge in [-0.3, -0.25) is 4.79 Å². The zero-order valence-corrected chi connectivity index (χ0v) is 11.1. The number of halogens is 1. The van der Waals surface area contributed by atoms with Crippen LogP contribution in [0.15, 0.2) is 12.1 Å². The van der Waals surface area contributed by atoms with Crippen molar-refractivity contribution in [2.24, 2.45) is 0 Å². The molecular weight excluding hydrogens is 258 g/mol. The summed E-state index contributed by atoms with van der Waals surface area (Å²) < 4.78 is 0.686. The maximum absolute atomic E-state index is 11.4. The smallest absolute Gasteiger partial charge is 0.220 e. The summed E-state index contributed by atoms with van der Waals surface area (Å²) in [5, 5.41) is 12.8. The summed E-state index contributed by atoms with van der Waals surface area (Å²) in [4.78, 5) is 12.3. The standard InChI is InChI=1S/C12H16ClNO2S/c13-11-7-6-10(17-11)9(15)2-1-3-12(16)14-8-4-5-8/h6-9,15H,1-5H2,(H,14,16). The molecule has 1 aromatic rings. The second-order valence-electron chi connectivity index (χ2n) is 4.39. The van der Waals surface area contributed by atoms with Gasteiger partial charge >= 0.3 is 0 Å². The van der Waals surface area contributed by atoms with Crippen LogP contribution in [0.2, 0.25) is 4.34 Å². The Morgan fingerprint density at radius 2 is 2.35 bits per heavy atom. The first-order valence-corrected chi connectivity index (χ1v) is 7.07. The first-order valence-electron chi connectivity index (χ1n) is 5.88. The van der Waals surface area contributed by atoms with Crippen LogP contribution < -0.4 is 5.32 Å². The van der Waals surface area contributed by atoms with Crippen molar-refractivity contribution >= 4 is 28.8 Å². The molecule has 2 rings (SSSR count). The average molecular weight is 274 g/mol. The Morgan fingerprint density at radius 3 is 2.94 bits per heavy atom. The van der Waals surface area contributed by atoms with Crippen LogP contribution in [0.3, 0.4) is 0 Å². The molecule has 1 saturated carbocycles. The van der Waals surface area contributed by atoms with Crippen LogP contribution >= 0.6 is 22.9 Å². The lowest BCUT2D eigenvalue weighted by Crippen LogP contribution is -2.24. The van der Waals surface area contributed by atoms with E-state index >= 15 is 0 Å². The molecule has 0 aliphatic heterocycles. The number of rotatable bonds is 6. The van der Waals surface area contributed by atoms with E-state index in [0.717, 1.165) is 17.7 Å². The van der Waals surface area contributed by atoms with Crippen LogP contribution in [-0.4, -0.2) is 17.1 Å². The second kappa shape index (κ2) is 5.85. The van der Waals surface area contributed by atoms with E-state index in [-0.39, 0.29) is 5.91 Å². The Labute approximate surface area is 110 Å². The first-order chi connectivity index (χ1) is 8.15. The van der Waals surface area contributed by atoms with Gasteiger partial charge in [-0.15, -0.1) is 11.3 Å². The predicted molar refractivity (Wildman–Crippen MR) is 69.3 cm³/mol. The number of hydrogen-bond acceptors (Lipinski definition) is 3. The lowest BCUT2D eigenvalue weighted by Gasteiger charge is -2.08. The summed E-state index contributed by atoms with van der Waals surface area (Å²) in [5.74, 6) is 0.101. The van der Waals surface area contributed by atoms with Gasteiger partial charge in [0.05, 0.1) is 10.4 Å². The highest BCUT2D eigenvalue weighted by molar-refractivity contribution is 7.16. The molecule has 0 saturated heterocycles. The normalized spacial score (nSPS) is 16.8. The molecule has 0 bridgehead atoms. The molecule has 1 aliphatic rings. The number of hydrogen-bond donors (Lipinski definition) is 2. The average Bonchev–Trinajstić information content (AvgIpc) is 2.97. The number of thiophene rings is 1. The van der Waals surface area contributed by atoms with E-state index in [4.69, 9.17) is 11.6 Å². The Balaban J connectivity index is 1.65. The molecule has 1 fully saturated rings. The minimum atomic E-state index is -0.499. The number of nitrogens with one attached hydrogen (secondary N) is 1. The van der Waals surface area contributed by atoms with E-state index in [1.54, 1.807) is 6.07 Å². The molecular formula is C12H16ClNO2S. The fourth-order valence-corrected chi connectivity index (χ4v) is 2.71. The van der Waals surface area contributed by atoms with Gasteiger partial charge in [-0.2, -0.15) is 0 Å². The molecule has 0 aromatic carbocycles. The van der Waals surface area contributed by atoms with Crippen LogP contribution in [0.4, 0.5) is 0 Å². The Bertz CT molecular complexity index is 390. The second-order valence-corrected chi connectivity index (χ2v) is 6.14. The maximum Gasteiger partial charge on any atom is 0.220 e. The van der Waals surface area contributed by atoms with Gasteiger partial charge in [0, 0.05) is 17.3 Å². The number of carbonyl (C=O) groups excluding carboxylic acids is 1. The number of amides is 1. The number of aliphatic hydroxyl groups excluding tert-OH is 1. The molecule has 3 nitrogen and oxygen atoms in total. The van der Waals surface area contributed by atoms with Crippen molar-refractivity contribution in [2.45, 2.75) is 44.2 Å². The van der Waals surface area contributed by atoms with Crippen molar-refractivity contribution < 1.29 is 9.90 Å². The minimum absolute atomic E-state index is 0.101. The zero-order valence-electron chi connectivity index (χ0n) is 9.49. The van der Waals surface area contributed by atoms with Gasteiger partial charge in [-0.05, 0) is 37.8 Å². The third-order valence-corrected chi connectivity index (χ3v) is 4.08. The van der Waals surface area contributed by atoms with E-state index < -0.39 is 6.10 Å². The Hall–Kier alpha value is -0.580. The molecule has 1 unspecified atom stereocenters. The summed E-state index contributed by atoms with van der Waals surface area (Å²) in [6, 6.07) is 4.04. The van der Waals surface area contributed by atoms with Crippen molar-refractivity contribution in [3.8, 4) is 0 Å². The lowest BCUT2D eigenvalue weighted by atomic mass is 10.1. The van der Waals surface area contributed by atoms with E-state index in [0.29, 0.717) is 29.6 Å². The van der Waals surface area contributed by atoms with Crippen LogP contribution in [0, 0.1) is 0 Å². The van der Waals surface area contributed by atoms with Crippen LogP contribution in [-0.2, 0) is 4.79 Å². The van der Waals surface area contributed by atoms with Crippen molar-refractivity contribution in [1.29, 1.82) is 0 Å². The van der Waals surface area contributed by atoms with Gasteiger partial charge in [0.25, 0.3) is 0 Å². The third-order valence-electron chi connectivity index (χ3n) is 2.75. The highest BCUT2D eigenvalue weighted by Gasteiger charge is 2.22. The van der Waals surface area contributed by atoms with Gasteiger partial charge in [-0.25, -0.2) is 0 Å². The monoisotopic (exact) mass is 273 g/mol. The van der Waals surface area contributed by atoms with Crippen molar-refractivity contribution in [3.63, 3.8) is 0 Å². The van der Waals surface area contributed by atoms with Crippen LogP contribution in [0.5, 0.6) is 0 Å². The molecule has 5 heteroatoms. The number of aliphatic hydroxyl groups is 1. The van der Waals surface area contributed by atoms with Crippen LogP contribution in [0.25, 0.3) is 0 Å². The maximum atomic E-state index is 11.4. The van der Waals surface area contributed by atoms with E-state index in [1.165, 1.54) is 11.3 Å². The quantitative estimate of drug-likeness (QED) is 0.837. The fourth-order valence-electron chi connectivity index (χ4n) is 1.63. The molecule has 0 spiro atoms. The van der Waals surface area contributed by atoms with Gasteiger partial charge in [0.15, 0.2) is 0 Å². The van der Waals surface area contributed by atoms with Gasteiger partial charge in [0.1, 0.15) is 0 Å². The van der Waals surface area contributed by atoms with Gasteiger partial charge in [-0.1, -0.05) is 11.6 Å². The summed E-state index contributed by atoms with van der Waals surface area (Å²) in [5.41, 5.74) is 0. The van der Waals surface area contributed by atoms with E-state index in [1.807, 2.05) is 6.07 Å². The molecule has 2 N–H and O–H groups in total. The first kappa shape index (κ1) is 12.9. The van der Waals surface area contributed by atoms with E-state index in [2.05, 4.69) is 5.32 Å². The highest BCUT2D eigenvalue weighted by Crippen LogP contribution is 2.29. The Morgan fingerprint density at radius 1 is 1.59 bits per heavy atom. The third kappa shape index (κ3) is 4.30. The molecule has 1 aliphatic carbocycles. The van der Waals surface area contributed by atoms with Crippen molar-refractivity contribution in [3.05, 3.63) is 21.3 Å². The largest absolute Gasteiger partial charge is 0.388 e. The molecule has 0 radical (unpaired) electrons. The molecule has 1 aromatic heterocycles. The van der Waals surface area contributed by atoms with Crippen molar-refractivity contribution in [2.75, 3.05) is 0 Å². The minimum Gasteiger partial charge on any atom is -0.388 e. The molecule has 1 amide bonds. The SMILES string of the molecule is O=C(CCCC(O)c1ccc(Cl)s1)NC1CC1. The zero-order chi connectivity index (χ0) is 12.3. The highest BCUT2D eigenvalue weighted by atomic mass is 35.5. The molecule has 1 heterocycles. The van der Waals surface area contributed by atoms with Crippen LogP contribution in [0.1, 0.15) is 43.1 Å². The molecule has 94 valence electrons. The summed E-state index contributed by atoms with van der Waals surface area (Å²) in [6.45, 7) is 0. The van der Waals surface area contributed by atoms with Crippen molar-refractivity contribution in [1.82, 2.24) is 5.32 Å². The summed E-state index contributed by atoms with van der Waals surface area (Å²) in [6.07, 6.45) is 3.53. The predicted octanol–water partition coefficient (Wildman–Crippen LogP) is 2.88. The summed E-state index contributed by atoms with van der Waals surface area (Å²) in [7, 11) is 0. The number of carbonyl (C=O) groups is 1. The van der Waals surface area contributed by atoms with Gasteiger partial charge in [0.2, 0.25) is 5.91 Å². The molecule has 1 atom stereocenters.